The van der Waals surface area contributed by atoms with Crippen molar-refractivity contribution in [2.24, 2.45) is 0 Å². The number of nitrogens with two attached hydrogens (primary N) is 1. The molecule has 0 aliphatic heterocycles. The van der Waals surface area contributed by atoms with Gasteiger partial charge in [0.2, 0.25) is 0 Å². The fraction of sp³-hybridized carbons (Fsp3) is 0.250. The fourth-order valence-electron chi connectivity index (χ4n) is 1.92. The van der Waals surface area contributed by atoms with Gasteiger partial charge in [-0.25, -0.2) is 4.98 Å². The van der Waals surface area contributed by atoms with Gasteiger partial charge in [-0.05, 0) is 42.7 Å². The number of pyridine rings is 1. The van der Waals surface area contributed by atoms with Crippen LogP contribution in [0.3, 0.4) is 0 Å². The van der Waals surface area contributed by atoms with Crippen molar-refractivity contribution in [1.82, 2.24) is 4.98 Å². The highest BCUT2D eigenvalue weighted by molar-refractivity contribution is 6.34. The summed E-state index contributed by atoms with van der Waals surface area (Å²) in [4.78, 5) is 16.5. The first-order valence-corrected chi connectivity index (χ1v) is 7.09. The zero-order valence-corrected chi connectivity index (χ0v) is 13.0. The minimum Gasteiger partial charge on any atom is -0.384 e. The Bertz CT molecular complexity index is 683. The molecule has 0 bridgehead atoms. The molecule has 0 saturated heterocycles. The molecule has 0 aliphatic carbocycles. The molecule has 0 spiro atoms. The fourth-order valence-corrected chi connectivity index (χ4v) is 2.20. The number of anilines is 2. The molecule has 1 aromatic heterocycles. The highest BCUT2D eigenvalue weighted by Gasteiger charge is 2.12. The molecule has 0 saturated carbocycles. The van der Waals surface area contributed by atoms with Gasteiger partial charge in [0, 0.05) is 11.3 Å². The van der Waals surface area contributed by atoms with E-state index in [0.717, 1.165) is 11.3 Å². The van der Waals surface area contributed by atoms with Crippen molar-refractivity contribution in [2.45, 2.75) is 26.7 Å². The third-order valence-electron chi connectivity index (χ3n) is 3.09. The lowest BCUT2D eigenvalue weighted by Gasteiger charge is -2.11. The van der Waals surface area contributed by atoms with Crippen molar-refractivity contribution in [3.8, 4) is 0 Å². The van der Waals surface area contributed by atoms with Crippen molar-refractivity contribution in [2.75, 3.05) is 11.1 Å². The van der Waals surface area contributed by atoms with Crippen LogP contribution in [-0.4, -0.2) is 10.9 Å². The zero-order valence-electron chi connectivity index (χ0n) is 12.3. The number of hydrogen-bond acceptors (Lipinski definition) is 3. The van der Waals surface area contributed by atoms with E-state index in [9.17, 15) is 4.79 Å². The standard InChI is InChI=1S/C16H18ClN3O/c1-9(2)14-7-11(8-15(18)19-14)16(21)20-13-5-4-10(3)6-12(13)17/h4-9H,1-3H3,(H2,18,19)(H,20,21). The summed E-state index contributed by atoms with van der Waals surface area (Å²) < 4.78 is 0. The molecule has 0 atom stereocenters. The third-order valence-corrected chi connectivity index (χ3v) is 3.40. The Morgan fingerprint density at radius 1 is 1.29 bits per heavy atom. The molecule has 0 unspecified atom stereocenters. The Morgan fingerprint density at radius 3 is 2.62 bits per heavy atom. The Labute approximate surface area is 129 Å². The summed E-state index contributed by atoms with van der Waals surface area (Å²) in [5.41, 5.74) is 8.64. The van der Waals surface area contributed by atoms with Gasteiger partial charge in [-0.3, -0.25) is 4.79 Å². The van der Waals surface area contributed by atoms with Crippen LogP contribution in [0.1, 0.15) is 41.4 Å². The lowest BCUT2D eigenvalue weighted by atomic mass is 10.1. The van der Waals surface area contributed by atoms with Crippen LogP contribution in [0.5, 0.6) is 0 Å². The van der Waals surface area contributed by atoms with Crippen LogP contribution in [0.15, 0.2) is 30.3 Å². The predicted molar refractivity (Wildman–Crippen MR) is 86.9 cm³/mol. The van der Waals surface area contributed by atoms with Gasteiger partial charge in [0.25, 0.3) is 5.91 Å². The second kappa shape index (κ2) is 6.14. The van der Waals surface area contributed by atoms with Crippen molar-refractivity contribution < 1.29 is 4.79 Å². The van der Waals surface area contributed by atoms with E-state index < -0.39 is 0 Å². The summed E-state index contributed by atoms with van der Waals surface area (Å²) in [5.74, 6) is 0.279. The van der Waals surface area contributed by atoms with E-state index in [4.69, 9.17) is 17.3 Å². The summed E-state index contributed by atoms with van der Waals surface area (Å²) in [6, 6.07) is 8.78. The van der Waals surface area contributed by atoms with Gasteiger partial charge in [0.1, 0.15) is 5.82 Å². The Morgan fingerprint density at radius 2 is 2.00 bits per heavy atom. The number of hydrogen-bond donors (Lipinski definition) is 2. The Kier molecular flexibility index (Phi) is 4.48. The molecule has 5 heteroatoms. The normalized spacial score (nSPS) is 10.7. The summed E-state index contributed by atoms with van der Waals surface area (Å²) >= 11 is 6.12. The minimum atomic E-state index is -0.253. The van der Waals surface area contributed by atoms with Gasteiger partial charge in [0.05, 0.1) is 10.7 Å². The van der Waals surface area contributed by atoms with Crippen molar-refractivity contribution in [3.05, 3.63) is 52.2 Å². The van der Waals surface area contributed by atoms with Crippen LogP contribution in [0.4, 0.5) is 11.5 Å². The highest BCUT2D eigenvalue weighted by Crippen LogP contribution is 2.24. The maximum atomic E-state index is 12.3. The summed E-state index contributed by atoms with van der Waals surface area (Å²) in [5, 5.41) is 3.30. The van der Waals surface area contributed by atoms with Gasteiger partial charge < -0.3 is 11.1 Å². The maximum Gasteiger partial charge on any atom is 0.255 e. The molecule has 0 fully saturated rings. The van der Waals surface area contributed by atoms with Crippen molar-refractivity contribution in [3.63, 3.8) is 0 Å². The first-order chi connectivity index (χ1) is 9.86. The summed E-state index contributed by atoms with van der Waals surface area (Å²) in [6.07, 6.45) is 0. The second-order valence-electron chi connectivity index (χ2n) is 5.30. The quantitative estimate of drug-likeness (QED) is 0.900. The Hall–Kier alpha value is -2.07. The van der Waals surface area contributed by atoms with E-state index in [-0.39, 0.29) is 11.8 Å². The van der Waals surface area contributed by atoms with E-state index in [2.05, 4.69) is 10.3 Å². The molecule has 1 heterocycles. The van der Waals surface area contributed by atoms with Crippen LogP contribution >= 0.6 is 11.6 Å². The lowest BCUT2D eigenvalue weighted by Crippen LogP contribution is -2.14. The number of amides is 1. The minimum absolute atomic E-state index is 0.197. The van der Waals surface area contributed by atoms with Crippen molar-refractivity contribution in [1.29, 1.82) is 0 Å². The molecule has 0 aliphatic rings. The summed E-state index contributed by atoms with van der Waals surface area (Å²) in [6.45, 7) is 5.94. The van der Waals surface area contributed by atoms with Crippen LogP contribution in [0, 0.1) is 6.92 Å². The number of nitrogens with one attached hydrogen (secondary N) is 1. The molecule has 110 valence electrons. The van der Waals surface area contributed by atoms with Gasteiger partial charge in [-0.2, -0.15) is 0 Å². The molecular weight excluding hydrogens is 286 g/mol. The van der Waals surface area contributed by atoms with E-state index in [0.29, 0.717) is 22.1 Å². The maximum absolute atomic E-state index is 12.3. The largest absolute Gasteiger partial charge is 0.384 e. The van der Waals surface area contributed by atoms with E-state index >= 15 is 0 Å². The molecule has 3 N–H and O–H groups in total. The topological polar surface area (TPSA) is 68.0 Å². The van der Waals surface area contributed by atoms with Crippen molar-refractivity contribution >= 4 is 29.0 Å². The van der Waals surface area contributed by atoms with Crippen LogP contribution in [0.2, 0.25) is 5.02 Å². The molecule has 2 rings (SSSR count). The molecule has 1 aromatic carbocycles. The van der Waals surface area contributed by atoms with Gasteiger partial charge >= 0.3 is 0 Å². The number of halogens is 1. The third kappa shape index (κ3) is 3.73. The number of carbonyl (C=O) groups is 1. The first-order valence-electron chi connectivity index (χ1n) is 6.72. The molecular formula is C16H18ClN3O. The van der Waals surface area contributed by atoms with Crippen LogP contribution in [-0.2, 0) is 0 Å². The first kappa shape index (κ1) is 15.3. The number of aromatic nitrogens is 1. The number of nitrogen functional groups attached to an aromatic ring is 1. The van der Waals surface area contributed by atoms with E-state index in [1.54, 1.807) is 24.3 Å². The monoisotopic (exact) mass is 303 g/mol. The van der Waals surface area contributed by atoms with Gasteiger partial charge in [-0.1, -0.05) is 31.5 Å². The average Bonchev–Trinajstić information content (AvgIpc) is 2.41. The van der Waals surface area contributed by atoms with Crippen LogP contribution < -0.4 is 11.1 Å². The van der Waals surface area contributed by atoms with Crippen LogP contribution in [0.25, 0.3) is 0 Å². The lowest BCUT2D eigenvalue weighted by molar-refractivity contribution is 0.102. The number of nitrogens with zero attached hydrogens (tertiary/aromatic N) is 1. The SMILES string of the molecule is Cc1ccc(NC(=O)c2cc(N)nc(C(C)C)c2)c(Cl)c1. The van der Waals surface area contributed by atoms with E-state index in [1.165, 1.54) is 0 Å². The number of benzene rings is 1. The molecule has 4 nitrogen and oxygen atoms in total. The molecule has 2 aromatic rings. The number of aryl methyl sites for hydroxylation is 1. The second-order valence-corrected chi connectivity index (χ2v) is 5.70. The number of rotatable bonds is 3. The number of carbonyl (C=O) groups excluding carboxylic acids is 1. The molecule has 0 radical (unpaired) electrons. The smallest absolute Gasteiger partial charge is 0.255 e. The molecule has 21 heavy (non-hydrogen) atoms. The molecule has 1 amide bonds. The Balaban J connectivity index is 2.28. The van der Waals surface area contributed by atoms with E-state index in [1.807, 2.05) is 26.8 Å². The predicted octanol–water partition coefficient (Wildman–Crippen LogP) is 4.00. The average molecular weight is 304 g/mol. The summed E-state index contributed by atoms with van der Waals surface area (Å²) in [7, 11) is 0. The van der Waals surface area contributed by atoms with Gasteiger partial charge in [0.15, 0.2) is 0 Å². The van der Waals surface area contributed by atoms with Gasteiger partial charge in [-0.15, -0.1) is 0 Å². The zero-order chi connectivity index (χ0) is 15.6. The highest BCUT2D eigenvalue weighted by atomic mass is 35.5.